The second kappa shape index (κ2) is 49.3. The fraction of sp³-hybridized carbons (Fsp3) is 0.797. The molecule has 0 radical (unpaired) electrons. The Balaban J connectivity index is 5.38. The molecule has 9 nitrogen and oxygen atoms in total. The number of phosphoric ester groups is 1. The van der Waals surface area contributed by atoms with E-state index in [2.05, 4.69) is 74.7 Å². The highest BCUT2D eigenvalue weighted by molar-refractivity contribution is 7.45. The molecule has 0 aromatic heterocycles. The Bertz CT molecular complexity index is 1370. The number of esters is 1. The summed E-state index contributed by atoms with van der Waals surface area (Å²) in [4.78, 5) is 39.8. The predicted octanol–water partition coefficient (Wildman–Crippen LogP) is 16.5. The van der Waals surface area contributed by atoms with Crippen molar-refractivity contribution in [1.82, 2.24) is 5.32 Å². The van der Waals surface area contributed by atoms with E-state index in [0.717, 1.165) is 116 Å². The maximum atomic E-state index is 13.5. The van der Waals surface area contributed by atoms with Crippen LogP contribution in [0.3, 0.4) is 0 Å². The van der Waals surface area contributed by atoms with Gasteiger partial charge in [0.1, 0.15) is 19.3 Å². The minimum absolute atomic E-state index is 0.0270. The van der Waals surface area contributed by atoms with Gasteiger partial charge in [0.2, 0.25) is 5.91 Å². The maximum absolute atomic E-state index is 13.5. The summed E-state index contributed by atoms with van der Waals surface area (Å²) in [7, 11) is 1.17. The lowest BCUT2D eigenvalue weighted by Crippen LogP contribution is -2.47. The van der Waals surface area contributed by atoms with E-state index in [1.54, 1.807) is 0 Å². The summed E-state index contributed by atoms with van der Waals surface area (Å²) in [5.74, 6) is -0.560. The van der Waals surface area contributed by atoms with E-state index in [4.69, 9.17) is 13.8 Å². The number of nitrogens with one attached hydrogen (secondary N) is 1. The number of amides is 1. The monoisotopic (exact) mass is 989 g/mol. The third-order valence-corrected chi connectivity index (χ3v) is 13.4. The summed E-state index contributed by atoms with van der Waals surface area (Å²) < 4.78 is 30.2. The molecule has 0 aromatic carbocycles. The SMILES string of the molecule is CC/C=C/C/C=C/C/C=C/CCCCCCCCC(=O)NC(COP(=O)([O-])OCC[N+](C)(C)C)C(/C=C/CCCCCCCCCCCC)OC(=O)CCCCCCCCC/C=C\CCCCCC. The number of likely N-dealkylation sites (N-methyl/N-ethyl adjacent to an activating group) is 1. The van der Waals surface area contributed by atoms with Crippen molar-refractivity contribution < 1.29 is 37.3 Å². The Kier molecular flexibility index (Phi) is 47.7. The molecule has 1 amide bonds. The number of ether oxygens (including phenoxy) is 1. The first kappa shape index (κ1) is 66.7. The Labute approximate surface area is 426 Å². The van der Waals surface area contributed by atoms with Crippen molar-refractivity contribution in [3.05, 3.63) is 60.8 Å². The molecule has 0 aliphatic heterocycles. The number of phosphoric acid groups is 1. The molecule has 402 valence electrons. The van der Waals surface area contributed by atoms with Crippen molar-refractivity contribution in [2.75, 3.05) is 40.9 Å². The van der Waals surface area contributed by atoms with Crippen LogP contribution in [0.4, 0.5) is 0 Å². The lowest BCUT2D eigenvalue weighted by Gasteiger charge is -2.30. The van der Waals surface area contributed by atoms with E-state index in [1.807, 2.05) is 33.3 Å². The Morgan fingerprint density at radius 3 is 1.42 bits per heavy atom. The topological polar surface area (TPSA) is 114 Å². The lowest BCUT2D eigenvalue weighted by atomic mass is 10.0. The average molecular weight is 990 g/mol. The fourth-order valence-corrected chi connectivity index (χ4v) is 8.72. The first-order chi connectivity index (χ1) is 33.4. The van der Waals surface area contributed by atoms with Crippen LogP contribution < -0.4 is 10.2 Å². The van der Waals surface area contributed by atoms with Crippen LogP contribution in [0.5, 0.6) is 0 Å². The predicted molar refractivity (Wildman–Crippen MR) is 293 cm³/mol. The number of hydrogen-bond acceptors (Lipinski definition) is 7. The number of rotatable bonds is 51. The van der Waals surface area contributed by atoms with Gasteiger partial charge >= 0.3 is 5.97 Å². The van der Waals surface area contributed by atoms with Crippen LogP contribution in [0.25, 0.3) is 0 Å². The molecular weight excluding hydrogens is 880 g/mol. The molecule has 3 unspecified atom stereocenters. The van der Waals surface area contributed by atoms with Crippen LogP contribution in [0.2, 0.25) is 0 Å². The molecule has 69 heavy (non-hydrogen) atoms. The van der Waals surface area contributed by atoms with Gasteiger partial charge in [0.25, 0.3) is 7.82 Å². The molecule has 0 aliphatic rings. The highest BCUT2D eigenvalue weighted by atomic mass is 31.2. The molecule has 0 rings (SSSR count). The average Bonchev–Trinajstić information content (AvgIpc) is 3.31. The minimum Gasteiger partial charge on any atom is -0.756 e. The van der Waals surface area contributed by atoms with E-state index in [-0.39, 0.29) is 24.9 Å². The van der Waals surface area contributed by atoms with Crippen molar-refractivity contribution in [3.63, 3.8) is 0 Å². The number of quaternary nitrogens is 1. The number of carbonyl (C=O) groups excluding carboxylic acids is 2. The van der Waals surface area contributed by atoms with Gasteiger partial charge in [-0.15, -0.1) is 0 Å². The van der Waals surface area contributed by atoms with Crippen LogP contribution in [-0.2, 0) is 27.9 Å². The van der Waals surface area contributed by atoms with Crippen molar-refractivity contribution in [2.45, 2.75) is 264 Å². The third-order valence-electron chi connectivity index (χ3n) is 12.4. The number of allylic oxidation sites excluding steroid dienone is 9. The largest absolute Gasteiger partial charge is 0.756 e. The molecule has 0 heterocycles. The summed E-state index contributed by atoms with van der Waals surface area (Å²) >= 11 is 0. The van der Waals surface area contributed by atoms with Gasteiger partial charge in [-0.05, 0) is 89.5 Å². The zero-order chi connectivity index (χ0) is 50.8. The second-order valence-corrected chi connectivity index (χ2v) is 21.8. The van der Waals surface area contributed by atoms with Gasteiger partial charge in [0.05, 0.1) is 33.8 Å². The lowest BCUT2D eigenvalue weighted by molar-refractivity contribution is -0.870. The number of hydrogen-bond donors (Lipinski definition) is 1. The molecule has 0 saturated heterocycles. The molecule has 0 bridgehead atoms. The zero-order valence-corrected chi connectivity index (χ0v) is 46.7. The second-order valence-electron chi connectivity index (χ2n) is 20.4. The summed E-state index contributed by atoms with van der Waals surface area (Å²) in [6.07, 6.45) is 60.3. The van der Waals surface area contributed by atoms with Gasteiger partial charge in [-0.1, -0.05) is 210 Å². The molecule has 1 N–H and O–H groups in total. The fourth-order valence-electron chi connectivity index (χ4n) is 8.00. The molecule has 10 heteroatoms. The summed E-state index contributed by atoms with van der Waals surface area (Å²) in [5, 5.41) is 3.01. The first-order valence-corrected chi connectivity index (χ1v) is 30.1. The summed E-state index contributed by atoms with van der Waals surface area (Å²) in [5.41, 5.74) is 0. The van der Waals surface area contributed by atoms with Gasteiger partial charge in [-0.25, -0.2) is 0 Å². The normalized spacial score (nSPS) is 14.2. The third kappa shape index (κ3) is 50.4. The van der Waals surface area contributed by atoms with Crippen LogP contribution in [0, 0.1) is 0 Å². The molecular formula is C59H109N2O7P. The van der Waals surface area contributed by atoms with Crippen LogP contribution in [0.1, 0.15) is 252 Å². The highest BCUT2D eigenvalue weighted by Gasteiger charge is 2.27. The van der Waals surface area contributed by atoms with E-state index >= 15 is 0 Å². The number of carbonyl (C=O) groups is 2. The van der Waals surface area contributed by atoms with E-state index < -0.39 is 26.6 Å². The van der Waals surface area contributed by atoms with Gasteiger partial charge in [-0.2, -0.15) is 0 Å². The molecule has 0 aliphatic carbocycles. The molecule has 3 atom stereocenters. The van der Waals surface area contributed by atoms with Gasteiger partial charge in [0.15, 0.2) is 0 Å². The molecule has 0 saturated carbocycles. The quantitative estimate of drug-likeness (QED) is 0.0212. The van der Waals surface area contributed by atoms with Gasteiger partial charge < -0.3 is 28.5 Å². The van der Waals surface area contributed by atoms with Gasteiger partial charge in [-0.3, -0.25) is 14.2 Å². The highest BCUT2D eigenvalue weighted by Crippen LogP contribution is 2.38. The first-order valence-electron chi connectivity index (χ1n) is 28.6. The number of unbranched alkanes of at least 4 members (excludes halogenated alkanes) is 27. The smallest absolute Gasteiger partial charge is 0.306 e. The minimum atomic E-state index is -4.70. The molecule has 0 aromatic rings. The summed E-state index contributed by atoms with van der Waals surface area (Å²) in [6.45, 7) is 6.70. The van der Waals surface area contributed by atoms with Crippen molar-refractivity contribution in [2.24, 2.45) is 0 Å². The van der Waals surface area contributed by atoms with Crippen LogP contribution in [0.15, 0.2) is 60.8 Å². The molecule has 0 spiro atoms. The van der Waals surface area contributed by atoms with Crippen LogP contribution in [-0.4, -0.2) is 69.4 Å². The maximum Gasteiger partial charge on any atom is 0.306 e. The summed E-state index contributed by atoms with van der Waals surface area (Å²) in [6, 6.07) is -0.896. The Morgan fingerprint density at radius 2 is 0.928 bits per heavy atom. The Morgan fingerprint density at radius 1 is 0.522 bits per heavy atom. The van der Waals surface area contributed by atoms with Crippen molar-refractivity contribution in [1.29, 1.82) is 0 Å². The zero-order valence-electron chi connectivity index (χ0n) is 45.8. The van der Waals surface area contributed by atoms with Crippen LogP contribution >= 0.6 is 7.82 Å². The van der Waals surface area contributed by atoms with E-state index in [0.29, 0.717) is 17.4 Å². The van der Waals surface area contributed by atoms with E-state index in [9.17, 15) is 19.0 Å². The number of nitrogens with zero attached hydrogens (tertiary/aromatic N) is 1. The molecule has 0 fully saturated rings. The Hall–Kier alpha value is -2.29. The standard InChI is InChI=1S/C59H109N2O7P/c1-7-10-13-16-19-22-25-28-30-32-33-36-39-42-45-48-51-58(62)60-56(55-67-69(64,65)66-54-53-61(4,5)6)57(50-47-44-41-38-35-27-24-21-18-15-12-9-3)68-59(63)52-49-46-43-40-37-34-31-29-26-23-20-17-14-11-8-2/h10,13,19,22-23,26,28,30,47,50,56-57H,7-9,11-12,14-18,20-21,24-25,27,29,31-46,48-49,51-55H2,1-6H3,(H-,60,62,64,65)/b13-10+,22-19+,26-23-,30-28+,50-47+. The van der Waals surface area contributed by atoms with Crippen molar-refractivity contribution in [3.8, 4) is 0 Å². The van der Waals surface area contributed by atoms with Gasteiger partial charge in [0, 0.05) is 12.8 Å². The van der Waals surface area contributed by atoms with E-state index in [1.165, 1.54) is 103 Å². The van der Waals surface area contributed by atoms with Crippen molar-refractivity contribution >= 4 is 19.7 Å².